The molecule has 2 amide bonds. The molecule has 0 unspecified atom stereocenters. The molecule has 0 atom stereocenters. The van der Waals surface area contributed by atoms with Crippen LogP contribution in [0.25, 0.3) is 10.8 Å². The highest BCUT2D eigenvalue weighted by Crippen LogP contribution is 2.24. The third kappa shape index (κ3) is 4.59. The third-order valence-corrected chi connectivity index (χ3v) is 5.91. The van der Waals surface area contributed by atoms with Crippen LogP contribution in [-0.2, 0) is 22.6 Å². The van der Waals surface area contributed by atoms with Crippen molar-refractivity contribution in [2.24, 2.45) is 0 Å². The maximum atomic E-state index is 12.9. The molecular formula is C22H24N4O3S. The molecule has 0 aliphatic carbocycles. The lowest BCUT2D eigenvalue weighted by Gasteiger charge is -2.21. The number of thiophene rings is 1. The van der Waals surface area contributed by atoms with Crippen LogP contribution in [0.1, 0.15) is 37.6 Å². The Morgan fingerprint density at radius 1 is 1.23 bits per heavy atom. The fraction of sp³-hybridized carbons (Fsp3) is 0.364. The monoisotopic (exact) mass is 424 g/mol. The summed E-state index contributed by atoms with van der Waals surface area (Å²) in [6.07, 6.45) is 2.64. The van der Waals surface area contributed by atoms with Crippen LogP contribution >= 0.6 is 11.3 Å². The number of benzene rings is 1. The van der Waals surface area contributed by atoms with Crippen LogP contribution in [0.4, 0.5) is 5.69 Å². The van der Waals surface area contributed by atoms with Gasteiger partial charge in [0, 0.05) is 25.2 Å². The van der Waals surface area contributed by atoms with Gasteiger partial charge in [0.2, 0.25) is 17.7 Å². The zero-order chi connectivity index (χ0) is 20.9. The second-order valence-electron chi connectivity index (χ2n) is 7.29. The number of amides is 2. The average Bonchev–Trinajstić information content (AvgIpc) is 3.50. The second-order valence-corrected chi connectivity index (χ2v) is 8.23. The number of carbonyl (C=O) groups excluding carboxylic acids is 2. The van der Waals surface area contributed by atoms with Crippen LogP contribution in [0, 0.1) is 0 Å². The summed E-state index contributed by atoms with van der Waals surface area (Å²) in [4.78, 5) is 29.3. The Bertz CT molecular complexity index is 998. The molecule has 1 saturated heterocycles. The second kappa shape index (κ2) is 9.21. The molecule has 1 aliphatic rings. The maximum Gasteiger partial charge on any atom is 0.257 e. The SMILES string of the molecule is CCCN(Cc1nnc(-c2cccs2)o1)C(=O)Cc1ccc(N2CCCC2=O)cc1. The molecule has 1 fully saturated rings. The van der Waals surface area contributed by atoms with Crippen LogP contribution in [0.2, 0.25) is 0 Å². The van der Waals surface area contributed by atoms with Gasteiger partial charge in [-0.2, -0.15) is 0 Å². The fourth-order valence-corrected chi connectivity index (χ4v) is 4.19. The van der Waals surface area contributed by atoms with Gasteiger partial charge in [-0.05, 0) is 42.0 Å². The first kappa shape index (κ1) is 20.3. The topological polar surface area (TPSA) is 79.5 Å². The lowest BCUT2D eigenvalue weighted by molar-refractivity contribution is -0.131. The van der Waals surface area contributed by atoms with E-state index in [0.29, 0.717) is 37.7 Å². The minimum absolute atomic E-state index is 0.0118. The summed E-state index contributed by atoms with van der Waals surface area (Å²) >= 11 is 1.54. The van der Waals surface area contributed by atoms with Gasteiger partial charge in [-0.1, -0.05) is 25.1 Å². The van der Waals surface area contributed by atoms with Crippen molar-refractivity contribution >= 4 is 28.8 Å². The van der Waals surface area contributed by atoms with Crippen molar-refractivity contribution in [3.8, 4) is 10.8 Å². The van der Waals surface area contributed by atoms with Crippen LogP contribution in [0.15, 0.2) is 46.2 Å². The summed E-state index contributed by atoms with van der Waals surface area (Å²) in [6.45, 7) is 3.72. The van der Waals surface area contributed by atoms with E-state index in [2.05, 4.69) is 10.2 Å². The predicted molar refractivity (Wildman–Crippen MR) is 115 cm³/mol. The largest absolute Gasteiger partial charge is 0.418 e. The zero-order valence-electron chi connectivity index (χ0n) is 16.9. The van der Waals surface area contributed by atoms with Gasteiger partial charge in [0.05, 0.1) is 17.8 Å². The Balaban J connectivity index is 1.40. The standard InChI is InChI=1S/C22H24N4O3S/c1-2-11-25(15-19-23-24-22(29-19)18-5-4-13-30-18)21(28)14-16-7-9-17(10-8-16)26-12-3-6-20(26)27/h4-5,7-10,13H,2-3,6,11-12,14-15H2,1H3. The summed E-state index contributed by atoms with van der Waals surface area (Å²) in [7, 11) is 0. The smallest absolute Gasteiger partial charge is 0.257 e. The van der Waals surface area contributed by atoms with Crippen LogP contribution in [0.3, 0.4) is 0 Å². The highest BCUT2D eigenvalue weighted by atomic mass is 32.1. The molecule has 2 aromatic heterocycles. The Hall–Kier alpha value is -3.00. The number of hydrogen-bond acceptors (Lipinski definition) is 6. The molecule has 0 saturated carbocycles. The van der Waals surface area contributed by atoms with Gasteiger partial charge in [-0.3, -0.25) is 9.59 Å². The van der Waals surface area contributed by atoms with Crippen LogP contribution in [0.5, 0.6) is 0 Å². The van der Waals surface area contributed by atoms with Crippen molar-refractivity contribution < 1.29 is 14.0 Å². The van der Waals surface area contributed by atoms with E-state index in [1.165, 1.54) is 11.3 Å². The summed E-state index contributed by atoms with van der Waals surface area (Å²) in [5.41, 5.74) is 1.81. The van der Waals surface area contributed by atoms with E-state index in [9.17, 15) is 9.59 Å². The lowest BCUT2D eigenvalue weighted by atomic mass is 10.1. The molecule has 0 radical (unpaired) electrons. The van der Waals surface area contributed by atoms with Gasteiger partial charge in [-0.25, -0.2) is 0 Å². The summed E-state index contributed by atoms with van der Waals surface area (Å²) in [5, 5.41) is 10.2. The Labute approximate surface area is 179 Å². The van der Waals surface area contributed by atoms with Gasteiger partial charge in [0.1, 0.15) is 0 Å². The van der Waals surface area contributed by atoms with Crippen molar-refractivity contribution in [1.82, 2.24) is 15.1 Å². The average molecular weight is 425 g/mol. The van der Waals surface area contributed by atoms with Crippen LogP contribution < -0.4 is 4.90 Å². The fourth-order valence-electron chi connectivity index (χ4n) is 3.54. The van der Waals surface area contributed by atoms with E-state index in [-0.39, 0.29) is 11.8 Å². The molecule has 0 N–H and O–H groups in total. The normalized spacial score (nSPS) is 13.8. The summed E-state index contributed by atoms with van der Waals surface area (Å²) < 4.78 is 5.74. The molecule has 1 aliphatic heterocycles. The first-order chi connectivity index (χ1) is 14.6. The molecule has 30 heavy (non-hydrogen) atoms. The number of carbonyl (C=O) groups is 2. The molecule has 8 heteroatoms. The molecule has 3 aromatic rings. The number of hydrogen-bond donors (Lipinski definition) is 0. The zero-order valence-corrected chi connectivity index (χ0v) is 17.7. The Morgan fingerprint density at radius 3 is 2.73 bits per heavy atom. The van der Waals surface area contributed by atoms with Gasteiger partial charge in [-0.15, -0.1) is 21.5 Å². The molecule has 0 spiro atoms. The van der Waals surface area contributed by atoms with Crippen molar-refractivity contribution in [3.05, 3.63) is 53.2 Å². The highest BCUT2D eigenvalue weighted by Gasteiger charge is 2.22. The van der Waals surface area contributed by atoms with Gasteiger partial charge < -0.3 is 14.2 Å². The van der Waals surface area contributed by atoms with Crippen LogP contribution in [-0.4, -0.2) is 40.0 Å². The quantitative estimate of drug-likeness (QED) is 0.548. The molecule has 7 nitrogen and oxygen atoms in total. The van der Waals surface area contributed by atoms with Crippen molar-refractivity contribution in [2.45, 2.75) is 39.2 Å². The highest BCUT2D eigenvalue weighted by molar-refractivity contribution is 7.13. The Kier molecular flexibility index (Phi) is 6.23. The van der Waals surface area contributed by atoms with Crippen molar-refractivity contribution in [2.75, 3.05) is 18.0 Å². The van der Waals surface area contributed by atoms with E-state index in [1.807, 2.05) is 48.7 Å². The van der Waals surface area contributed by atoms with E-state index in [1.54, 1.807) is 9.80 Å². The van der Waals surface area contributed by atoms with Crippen molar-refractivity contribution in [1.29, 1.82) is 0 Å². The summed E-state index contributed by atoms with van der Waals surface area (Å²) in [5.74, 6) is 1.09. The lowest BCUT2D eigenvalue weighted by Crippen LogP contribution is -2.32. The number of aromatic nitrogens is 2. The maximum absolute atomic E-state index is 12.9. The van der Waals surface area contributed by atoms with Crippen molar-refractivity contribution in [3.63, 3.8) is 0 Å². The van der Waals surface area contributed by atoms with Gasteiger partial charge in [0.25, 0.3) is 5.89 Å². The van der Waals surface area contributed by atoms with Gasteiger partial charge >= 0.3 is 0 Å². The minimum Gasteiger partial charge on any atom is -0.418 e. The van der Waals surface area contributed by atoms with E-state index >= 15 is 0 Å². The third-order valence-electron chi connectivity index (χ3n) is 5.05. The molecular weight excluding hydrogens is 400 g/mol. The minimum atomic E-state index is 0.0118. The summed E-state index contributed by atoms with van der Waals surface area (Å²) in [6, 6.07) is 11.5. The molecule has 3 heterocycles. The Morgan fingerprint density at radius 2 is 2.07 bits per heavy atom. The molecule has 0 bridgehead atoms. The molecule has 1 aromatic carbocycles. The number of nitrogens with zero attached hydrogens (tertiary/aromatic N) is 4. The first-order valence-electron chi connectivity index (χ1n) is 10.2. The van der Waals surface area contributed by atoms with E-state index in [0.717, 1.165) is 35.5 Å². The van der Waals surface area contributed by atoms with E-state index in [4.69, 9.17) is 4.42 Å². The number of anilines is 1. The first-order valence-corrected chi connectivity index (χ1v) is 11.1. The van der Waals surface area contributed by atoms with E-state index < -0.39 is 0 Å². The number of rotatable bonds is 8. The predicted octanol–water partition coefficient (Wildman–Crippen LogP) is 3.91. The molecule has 4 rings (SSSR count). The molecule has 156 valence electrons. The van der Waals surface area contributed by atoms with Gasteiger partial charge in [0.15, 0.2) is 0 Å².